The Balaban J connectivity index is 1.45. The summed E-state index contributed by atoms with van der Waals surface area (Å²) in [6, 6.07) is 4.45. The second kappa shape index (κ2) is 7.77. The lowest BCUT2D eigenvalue weighted by Gasteiger charge is -2.10. The molecular formula is C24H22N10. The first-order valence-electron chi connectivity index (χ1n) is 11.0. The first-order chi connectivity index (χ1) is 16.5. The van der Waals surface area contributed by atoms with Crippen molar-refractivity contribution in [3.63, 3.8) is 0 Å². The van der Waals surface area contributed by atoms with E-state index in [4.69, 9.17) is 4.98 Å². The fourth-order valence-electron chi connectivity index (χ4n) is 4.03. The summed E-state index contributed by atoms with van der Waals surface area (Å²) in [6.07, 6.45) is 12.7. The van der Waals surface area contributed by atoms with Gasteiger partial charge in [-0.2, -0.15) is 5.10 Å². The smallest absolute Gasteiger partial charge is 0.181 e. The van der Waals surface area contributed by atoms with Crippen molar-refractivity contribution >= 4 is 27.8 Å². The van der Waals surface area contributed by atoms with Crippen LogP contribution in [0.3, 0.4) is 0 Å². The molecular weight excluding hydrogens is 428 g/mol. The van der Waals surface area contributed by atoms with Crippen molar-refractivity contribution in [2.75, 3.05) is 5.32 Å². The van der Waals surface area contributed by atoms with Gasteiger partial charge in [-0.1, -0.05) is 0 Å². The number of rotatable bonds is 5. The summed E-state index contributed by atoms with van der Waals surface area (Å²) in [5, 5.41) is 11.7. The summed E-state index contributed by atoms with van der Waals surface area (Å²) in [4.78, 5) is 25.9. The molecule has 0 atom stereocenters. The van der Waals surface area contributed by atoms with Crippen molar-refractivity contribution in [2.45, 2.75) is 26.8 Å². The molecule has 0 aliphatic heterocycles. The number of anilines is 1. The lowest BCUT2D eigenvalue weighted by atomic mass is 10.1. The van der Waals surface area contributed by atoms with Crippen LogP contribution < -0.4 is 5.32 Å². The number of hydrogen-bond donors (Lipinski definition) is 3. The number of fused-ring (bicyclic) bond motifs is 2. The second-order valence-corrected chi connectivity index (χ2v) is 8.52. The summed E-state index contributed by atoms with van der Waals surface area (Å²) in [7, 11) is 0. The number of aromatic amines is 2. The van der Waals surface area contributed by atoms with Gasteiger partial charge >= 0.3 is 0 Å². The molecule has 0 bridgehead atoms. The molecule has 0 fully saturated rings. The highest BCUT2D eigenvalue weighted by atomic mass is 15.2. The van der Waals surface area contributed by atoms with Gasteiger partial charge in [0.25, 0.3) is 0 Å². The van der Waals surface area contributed by atoms with Gasteiger partial charge in [0.05, 0.1) is 46.7 Å². The van der Waals surface area contributed by atoms with E-state index in [1.807, 2.05) is 36.3 Å². The third-order valence-electron chi connectivity index (χ3n) is 5.54. The maximum atomic E-state index is 4.87. The van der Waals surface area contributed by atoms with Gasteiger partial charge in [0.1, 0.15) is 11.2 Å². The Morgan fingerprint density at radius 1 is 0.971 bits per heavy atom. The minimum absolute atomic E-state index is 0.317. The molecule has 0 radical (unpaired) electrons. The summed E-state index contributed by atoms with van der Waals surface area (Å²) >= 11 is 0. The van der Waals surface area contributed by atoms with Gasteiger partial charge < -0.3 is 14.9 Å². The minimum Gasteiger partial charge on any atom is -0.382 e. The molecule has 0 aliphatic carbocycles. The van der Waals surface area contributed by atoms with Crippen LogP contribution >= 0.6 is 0 Å². The van der Waals surface area contributed by atoms with Gasteiger partial charge in [0.2, 0.25) is 0 Å². The van der Waals surface area contributed by atoms with Crippen LogP contribution in [-0.2, 0) is 0 Å². The summed E-state index contributed by atoms with van der Waals surface area (Å²) < 4.78 is 1.92. The quantitative estimate of drug-likeness (QED) is 0.358. The Bertz CT molecular complexity index is 1640. The highest BCUT2D eigenvalue weighted by Gasteiger charge is 2.16. The minimum atomic E-state index is 0.317. The molecule has 0 aromatic carbocycles. The largest absolute Gasteiger partial charge is 0.382 e. The zero-order valence-corrected chi connectivity index (χ0v) is 18.9. The number of imidazole rings is 2. The Kier molecular flexibility index (Phi) is 4.58. The number of nitrogens with zero attached hydrogens (tertiary/aromatic N) is 7. The van der Waals surface area contributed by atoms with Crippen molar-refractivity contribution in [2.24, 2.45) is 0 Å². The first-order valence-corrected chi connectivity index (χ1v) is 11.0. The van der Waals surface area contributed by atoms with E-state index in [0.717, 1.165) is 50.3 Å². The summed E-state index contributed by atoms with van der Waals surface area (Å²) in [5.41, 5.74) is 7.66. The van der Waals surface area contributed by atoms with E-state index in [0.29, 0.717) is 17.5 Å². The Labute approximate surface area is 194 Å². The molecule has 168 valence electrons. The number of H-pyrrole nitrogens is 2. The molecule has 6 aromatic rings. The van der Waals surface area contributed by atoms with E-state index in [-0.39, 0.29) is 0 Å². The third-order valence-corrected chi connectivity index (χ3v) is 5.54. The average Bonchev–Trinajstić information content (AvgIpc) is 3.55. The lowest BCUT2D eigenvalue weighted by molar-refractivity contribution is 0.898. The zero-order valence-electron chi connectivity index (χ0n) is 18.9. The summed E-state index contributed by atoms with van der Waals surface area (Å²) in [6.45, 7) is 6.14. The topological polar surface area (TPSA) is 126 Å². The van der Waals surface area contributed by atoms with Crippen LogP contribution in [0.4, 0.5) is 5.69 Å². The lowest BCUT2D eigenvalue weighted by Crippen LogP contribution is -2.09. The molecule has 0 unspecified atom stereocenters. The van der Waals surface area contributed by atoms with Crippen LogP contribution in [0.1, 0.15) is 19.5 Å². The summed E-state index contributed by atoms with van der Waals surface area (Å²) in [5.74, 6) is 0.663. The van der Waals surface area contributed by atoms with Crippen LogP contribution in [0, 0.1) is 6.92 Å². The van der Waals surface area contributed by atoms with Gasteiger partial charge in [0.15, 0.2) is 11.5 Å². The van der Waals surface area contributed by atoms with E-state index in [1.165, 1.54) is 0 Å². The van der Waals surface area contributed by atoms with Crippen molar-refractivity contribution in [1.82, 2.24) is 44.7 Å². The molecule has 0 saturated carbocycles. The monoisotopic (exact) mass is 450 g/mol. The van der Waals surface area contributed by atoms with Crippen LogP contribution in [0.5, 0.6) is 0 Å². The molecule has 0 saturated heterocycles. The number of nitrogens with one attached hydrogen (secondary N) is 3. The van der Waals surface area contributed by atoms with E-state index >= 15 is 0 Å². The van der Waals surface area contributed by atoms with Crippen molar-refractivity contribution in [3.8, 4) is 28.3 Å². The normalized spacial score (nSPS) is 11.6. The van der Waals surface area contributed by atoms with Crippen molar-refractivity contribution < 1.29 is 0 Å². The van der Waals surface area contributed by atoms with E-state index in [1.54, 1.807) is 18.7 Å². The van der Waals surface area contributed by atoms with Gasteiger partial charge in [-0.3, -0.25) is 15.1 Å². The van der Waals surface area contributed by atoms with Crippen molar-refractivity contribution in [1.29, 1.82) is 0 Å². The van der Waals surface area contributed by atoms with Crippen LogP contribution in [-0.4, -0.2) is 50.7 Å². The molecule has 6 aromatic heterocycles. The van der Waals surface area contributed by atoms with E-state index in [9.17, 15) is 0 Å². The van der Waals surface area contributed by atoms with E-state index < -0.39 is 0 Å². The highest BCUT2D eigenvalue weighted by molar-refractivity contribution is 5.94. The van der Waals surface area contributed by atoms with Crippen molar-refractivity contribution in [3.05, 3.63) is 61.3 Å². The van der Waals surface area contributed by atoms with Crippen LogP contribution in [0.25, 0.3) is 50.4 Å². The molecule has 34 heavy (non-hydrogen) atoms. The number of pyridine rings is 3. The molecule has 3 N–H and O–H groups in total. The Morgan fingerprint density at radius 2 is 1.82 bits per heavy atom. The van der Waals surface area contributed by atoms with Gasteiger partial charge in [-0.25, -0.2) is 15.0 Å². The molecule has 0 aliphatic rings. The molecule has 6 heterocycles. The Hall–Kier alpha value is -4.60. The maximum absolute atomic E-state index is 4.87. The van der Waals surface area contributed by atoms with E-state index in [2.05, 4.69) is 66.4 Å². The van der Waals surface area contributed by atoms with Crippen LogP contribution in [0.2, 0.25) is 0 Å². The average molecular weight is 451 g/mol. The molecule has 0 spiro atoms. The predicted molar refractivity (Wildman–Crippen MR) is 131 cm³/mol. The standard InChI is InChI=1S/C24H22N10/c1-13(2)29-17-4-15(6-25-8-17)16-5-18-21(32-33-23(18)27-7-16)24-30-19-9-26-10-20(22(19)31-24)34-11-14(3)28-12-34/h4-13,29H,1-3H3,(H,30,31)(H,27,32,33). The highest BCUT2D eigenvalue weighted by Crippen LogP contribution is 2.30. The fraction of sp³-hybridized carbons (Fsp3) is 0.167. The SMILES string of the molecule is Cc1cn(-c2cncc3[nH]c(-c4[nH]nc5ncc(-c6cncc(NC(C)C)c6)cc45)nc23)cn1. The number of hydrogen-bond acceptors (Lipinski definition) is 7. The van der Waals surface area contributed by atoms with Gasteiger partial charge in [0, 0.05) is 42.0 Å². The first kappa shape index (κ1) is 20.0. The third kappa shape index (κ3) is 3.45. The number of aryl methyl sites for hydroxylation is 1. The second-order valence-electron chi connectivity index (χ2n) is 8.52. The Morgan fingerprint density at radius 3 is 2.65 bits per heavy atom. The predicted octanol–water partition coefficient (Wildman–Crippen LogP) is 4.27. The number of aromatic nitrogens is 9. The molecule has 6 rings (SSSR count). The van der Waals surface area contributed by atoms with Gasteiger partial charge in [-0.15, -0.1) is 0 Å². The maximum Gasteiger partial charge on any atom is 0.181 e. The zero-order chi connectivity index (χ0) is 23.2. The molecule has 10 nitrogen and oxygen atoms in total. The van der Waals surface area contributed by atoms with Crippen LogP contribution in [0.15, 0.2) is 55.6 Å². The molecule has 0 amide bonds. The fourth-order valence-corrected chi connectivity index (χ4v) is 4.03. The van der Waals surface area contributed by atoms with Gasteiger partial charge in [-0.05, 0) is 32.9 Å². The molecule has 10 heteroatoms.